The van der Waals surface area contributed by atoms with Crippen LogP contribution in [0.4, 0.5) is 5.69 Å². The van der Waals surface area contributed by atoms with Gasteiger partial charge in [0.05, 0.1) is 31.8 Å². The fourth-order valence-electron chi connectivity index (χ4n) is 4.29. The van der Waals surface area contributed by atoms with Crippen LogP contribution in [0.15, 0.2) is 72.6 Å². The van der Waals surface area contributed by atoms with Crippen LogP contribution in [0.1, 0.15) is 35.2 Å². The maximum atomic E-state index is 13.3. The second-order valence-electron chi connectivity index (χ2n) is 8.28. The van der Waals surface area contributed by atoms with Crippen molar-refractivity contribution in [3.63, 3.8) is 0 Å². The Morgan fingerprint density at radius 2 is 1.75 bits per heavy atom. The van der Waals surface area contributed by atoms with Crippen LogP contribution in [0.2, 0.25) is 0 Å². The van der Waals surface area contributed by atoms with Gasteiger partial charge in [-0.3, -0.25) is 24.3 Å². The fraction of sp³-hybridized carbons (Fsp3) is 0.214. The predicted molar refractivity (Wildman–Crippen MR) is 134 cm³/mol. The van der Waals surface area contributed by atoms with E-state index in [-0.39, 0.29) is 23.7 Å². The molecule has 2 aromatic carbocycles. The second-order valence-corrected chi connectivity index (χ2v) is 8.28. The number of nitrogens with zero attached hydrogens (tertiary/aromatic N) is 2. The van der Waals surface area contributed by atoms with E-state index >= 15 is 0 Å². The maximum absolute atomic E-state index is 13.3. The lowest BCUT2D eigenvalue weighted by molar-refractivity contribution is -0.142. The standard InChI is InChI=1S/C28H26N2O6/c1-4-36-23(31)16-18-5-8-21(9-6-18)30-25(19-11-13-29-14-12-19)24(27(33)28(30)34)26(32)20-7-10-22(35-3)17(2)15-20/h5-15,25,32H,4,16H2,1-3H3/b26-24-. The number of carbonyl (C=O) groups excluding carboxylic acids is 3. The van der Waals surface area contributed by atoms with E-state index in [0.29, 0.717) is 34.7 Å². The number of methoxy groups -OCH3 is 1. The lowest BCUT2D eigenvalue weighted by Gasteiger charge is -2.25. The third-order valence-electron chi connectivity index (χ3n) is 6.00. The van der Waals surface area contributed by atoms with Crippen LogP contribution in [0.3, 0.4) is 0 Å². The molecule has 2 heterocycles. The lowest BCUT2D eigenvalue weighted by atomic mass is 9.95. The zero-order chi connectivity index (χ0) is 25.8. The molecule has 1 amide bonds. The minimum Gasteiger partial charge on any atom is -0.507 e. The molecule has 0 bridgehead atoms. The van der Waals surface area contributed by atoms with Gasteiger partial charge in [0.2, 0.25) is 0 Å². The van der Waals surface area contributed by atoms with Crippen LogP contribution in [-0.4, -0.2) is 41.5 Å². The van der Waals surface area contributed by atoms with Crippen LogP contribution in [0.5, 0.6) is 5.75 Å². The molecule has 8 nitrogen and oxygen atoms in total. The Morgan fingerprint density at radius 1 is 1.06 bits per heavy atom. The summed E-state index contributed by atoms with van der Waals surface area (Å²) in [6, 6.07) is 14.3. The number of aromatic nitrogens is 1. The number of benzene rings is 2. The van der Waals surface area contributed by atoms with Gasteiger partial charge in [0.15, 0.2) is 0 Å². The quantitative estimate of drug-likeness (QED) is 0.232. The number of carbonyl (C=O) groups is 3. The summed E-state index contributed by atoms with van der Waals surface area (Å²) in [7, 11) is 1.55. The summed E-state index contributed by atoms with van der Waals surface area (Å²) in [5.74, 6) is -1.54. The van der Waals surface area contributed by atoms with E-state index in [1.807, 2.05) is 6.92 Å². The van der Waals surface area contributed by atoms with Gasteiger partial charge >= 0.3 is 5.97 Å². The normalized spacial score (nSPS) is 16.8. The van der Waals surface area contributed by atoms with Crippen molar-refractivity contribution in [2.75, 3.05) is 18.6 Å². The monoisotopic (exact) mass is 486 g/mol. The number of Topliss-reactive ketones (excluding diaryl/α,β-unsaturated/α-hetero) is 1. The van der Waals surface area contributed by atoms with Crippen molar-refractivity contribution in [1.29, 1.82) is 0 Å². The Morgan fingerprint density at radius 3 is 2.36 bits per heavy atom. The lowest BCUT2D eigenvalue weighted by Crippen LogP contribution is -2.29. The SMILES string of the molecule is CCOC(=O)Cc1ccc(N2C(=O)C(=O)/C(=C(\O)c3ccc(OC)c(C)c3)C2c2ccncc2)cc1. The Bertz CT molecular complexity index is 1330. The number of pyridine rings is 1. The van der Waals surface area contributed by atoms with E-state index in [9.17, 15) is 19.5 Å². The number of aliphatic hydroxyl groups is 1. The number of ketones is 1. The number of hydrogen-bond acceptors (Lipinski definition) is 7. The fourth-order valence-corrected chi connectivity index (χ4v) is 4.29. The molecule has 0 radical (unpaired) electrons. The topological polar surface area (TPSA) is 106 Å². The smallest absolute Gasteiger partial charge is 0.310 e. The van der Waals surface area contributed by atoms with Gasteiger partial charge in [-0.1, -0.05) is 12.1 Å². The second kappa shape index (κ2) is 10.4. The van der Waals surface area contributed by atoms with Crippen LogP contribution >= 0.6 is 0 Å². The maximum Gasteiger partial charge on any atom is 0.310 e. The van der Waals surface area contributed by atoms with E-state index < -0.39 is 17.7 Å². The van der Waals surface area contributed by atoms with Crippen molar-refractivity contribution in [1.82, 2.24) is 4.98 Å². The van der Waals surface area contributed by atoms with Gasteiger partial charge in [-0.2, -0.15) is 0 Å². The summed E-state index contributed by atoms with van der Waals surface area (Å²) < 4.78 is 10.3. The van der Waals surface area contributed by atoms with Gasteiger partial charge in [0.25, 0.3) is 11.7 Å². The first kappa shape index (κ1) is 24.7. The Kier molecular flexibility index (Phi) is 7.15. The molecule has 184 valence electrons. The zero-order valence-corrected chi connectivity index (χ0v) is 20.2. The van der Waals surface area contributed by atoms with Crippen LogP contribution < -0.4 is 9.64 Å². The first-order chi connectivity index (χ1) is 17.3. The molecule has 1 aromatic heterocycles. The highest BCUT2D eigenvalue weighted by molar-refractivity contribution is 6.51. The molecule has 3 aromatic rings. The molecule has 0 aliphatic carbocycles. The highest BCUT2D eigenvalue weighted by Gasteiger charge is 2.47. The van der Waals surface area contributed by atoms with E-state index in [4.69, 9.17) is 9.47 Å². The highest BCUT2D eigenvalue weighted by Crippen LogP contribution is 2.42. The molecular formula is C28H26N2O6. The average Bonchev–Trinajstić information content (AvgIpc) is 3.15. The summed E-state index contributed by atoms with van der Waals surface area (Å²) in [5.41, 5.74) is 2.93. The molecule has 1 fully saturated rings. The number of aliphatic hydroxyl groups excluding tert-OH is 1. The largest absolute Gasteiger partial charge is 0.507 e. The Balaban J connectivity index is 1.80. The van der Waals surface area contributed by atoms with Crippen LogP contribution in [0.25, 0.3) is 5.76 Å². The Labute approximate surface area is 208 Å². The van der Waals surface area contributed by atoms with Gasteiger partial charge in [-0.15, -0.1) is 0 Å². The van der Waals surface area contributed by atoms with Crippen molar-refractivity contribution >= 4 is 29.1 Å². The van der Waals surface area contributed by atoms with Crippen molar-refractivity contribution in [2.45, 2.75) is 26.3 Å². The molecule has 1 N–H and O–H groups in total. The number of ether oxygens (including phenoxy) is 2. The van der Waals surface area contributed by atoms with E-state index in [2.05, 4.69) is 4.98 Å². The van der Waals surface area contributed by atoms with Gasteiger partial charge in [-0.25, -0.2) is 0 Å². The van der Waals surface area contributed by atoms with Crippen molar-refractivity contribution in [3.05, 3.63) is 94.8 Å². The van der Waals surface area contributed by atoms with Crippen LogP contribution in [0, 0.1) is 6.92 Å². The summed E-state index contributed by atoms with van der Waals surface area (Å²) >= 11 is 0. The van der Waals surface area contributed by atoms with Gasteiger partial charge in [0.1, 0.15) is 11.5 Å². The molecule has 36 heavy (non-hydrogen) atoms. The Hall–Kier alpha value is -4.46. The molecule has 0 spiro atoms. The number of rotatable bonds is 7. The van der Waals surface area contributed by atoms with Crippen molar-refractivity contribution in [2.24, 2.45) is 0 Å². The summed E-state index contributed by atoms with van der Waals surface area (Å²) in [4.78, 5) is 43.8. The van der Waals surface area contributed by atoms with Crippen molar-refractivity contribution in [3.8, 4) is 5.75 Å². The van der Waals surface area contributed by atoms with E-state index in [1.54, 1.807) is 81.0 Å². The zero-order valence-electron chi connectivity index (χ0n) is 20.2. The van der Waals surface area contributed by atoms with Gasteiger partial charge in [-0.05, 0) is 73.0 Å². The third kappa shape index (κ3) is 4.70. The highest BCUT2D eigenvalue weighted by atomic mass is 16.5. The molecule has 0 saturated carbocycles. The minimum absolute atomic E-state index is 0.0219. The summed E-state index contributed by atoms with van der Waals surface area (Å²) in [5, 5.41) is 11.3. The average molecular weight is 487 g/mol. The third-order valence-corrected chi connectivity index (χ3v) is 6.00. The number of aryl methyl sites for hydroxylation is 1. The number of anilines is 1. The first-order valence-electron chi connectivity index (χ1n) is 11.5. The van der Waals surface area contributed by atoms with E-state index in [1.165, 1.54) is 4.90 Å². The molecular weight excluding hydrogens is 460 g/mol. The first-order valence-corrected chi connectivity index (χ1v) is 11.5. The summed E-state index contributed by atoms with van der Waals surface area (Å²) in [6.07, 6.45) is 3.22. The number of amides is 1. The minimum atomic E-state index is -0.869. The van der Waals surface area contributed by atoms with Crippen molar-refractivity contribution < 1.29 is 29.0 Å². The summed E-state index contributed by atoms with van der Waals surface area (Å²) in [6.45, 7) is 3.86. The molecule has 1 aliphatic rings. The molecule has 1 atom stereocenters. The molecule has 1 saturated heterocycles. The van der Waals surface area contributed by atoms with Gasteiger partial charge in [0, 0.05) is 23.6 Å². The molecule has 8 heteroatoms. The molecule has 1 aliphatic heterocycles. The van der Waals surface area contributed by atoms with Gasteiger partial charge < -0.3 is 14.6 Å². The number of hydrogen-bond donors (Lipinski definition) is 1. The number of esters is 1. The molecule has 4 rings (SSSR count). The van der Waals surface area contributed by atoms with E-state index in [0.717, 1.165) is 5.56 Å². The molecule has 1 unspecified atom stereocenters. The van der Waals surface area contributed by atoms with Crippen LogP contribution in [-0.2, 0) is 25.5 Å². The predicted octanol–water partition coefficient (Wildman–Crippen LogP) is 4.13.